The van der Waals surface area contributed by atoms with Gasteiger partial charge in [-0.1, -0.05) is 6.07 Å². The molecule has 1 saturated heterocycles. The van der Waals surface area contributed by atoms with E-state index in [4.69, 9.17) is 0 Å². The second-order valence-electron chi connectivity index (χ2n) is 6.53. The van der Waals surface area contributed by atoms with Gasteiger partial charge in [-0.2, -0.15) is 0 Å². The van der Waals surface area contributed by atoms with Gasteiger partial charge in [0.1, 0.15) is 10.7 Å². The third-order valence-corrected chi connectivity index (χ3v) is 6.28. The normalized spacial score (nSPS) is 15.4. The number of quaternary nitrogens is 1. The number of nitrogens with one attached hydrogen (secondary N) is 1. The van der Waals surface area contributed by atoms with Gasteiger partial charge < -0.3 is 10.2 Å². The summed E-state index contributed by atoms with van der Waals surface area (Å²) in [5, 5.41) is 4.63. The van der Waals surface area contributed by atoms with Crippen LogP contribution in [-0.4, -0.2) is 40.5 Å². The van der Waals surface area contributed by atoms with Crippen molar-refractivity contribution in [3.8, 4) is 0 Å². The van der Waals surface area contributed by atoms with Gasteiger partial charge in [0.05, 0.1) is 11.8 Å². The van der Waals surface area contributed by atoms with Crippen LogP contribution in [0.1, 0.15) is 13.3 Å². The van der Waals surface area contributed by atoms with E-state index in [1.807, 2.05) is 0 Å². The Morgan fingerprint density at radius 1 is 1.15 bits per heavy atom. The predicted octanol–water partition coefficient (Wildman–Crippen LogP) is 1.20. The molecule has 2 aromatic carbocycles. The smallest absolute Gasteiger partial charge is 0.312 e. The Balaban J connectivity index is 2.05. The maximum atomic E-state index is 13.5. The predicted molar refractivity (Wildman–Crippen MR) is 100 cm³/mol. The standard InChI is InChI=1S/C19H22FN3O3S/c1-14(24)22-18-13-16(23-10-3-8-21-9-11-23)6-7-19(18)27(25,26)17-5-2-4-15(20)12-17/h2,4-7,12-13,21H,3,8-11H2,1H3,(H,22,24)/p+1. The van der Waals surface area contributed by atoms with Crippen LogP contribution in [0.3, 0.4) is 0 Å². The number of primary amides is 1. The zero-order valence-electron chi connectivity index (χ0n) is 15.1. The molecule has 8 heteroatoms. The monoisotopic (exact) mass is 392 g/mol. The Bertz CT molecular complexity index is 939. The molecule has 27 heavy (non-hydrogen) atoms. The topological polar surface area (TPSA) is 83.1 Å². The van der Waals surface area contributed by atoms with E-state index in [1.54, 1.807) is 12.1 Å². The first-order valence-electron chi connectivity index (χ1n) is 8.83. The largest absolute Gasteiger partial charge is 0.370 e. The van der Waals surface area contributed by atoms with Gasteiger partial charge in [-0.3, -0.25) is 5.32 Å². The van der Waals surface area contributed by atoms with E-state index in [2.05, 4.69) is 10.2 Å². The van der Waals surface area contributed by atoms with Gasteiger partial charge in [0.15, 0.2) is 5.69 Å². The van der Waals surface area contributed by atoms with Gasteiger partial charge in [0, 0.05) is 31.4 Å². The number of anilines is 1. The zero-order valence-corrected chi connectivity index (χ0v) is 15.9. The Kier molecular flexibility index (Phi) is 5.88. The van der Waals surface area contributed by atoms with Gasteiger partial charge in [-0.05, 0) is 43.3 Å². The van der Waals surface area contributed by atoms with E-state index in [0.29, 0.717) is 5.69 Å². The summed E-state index contributed by atoms with van der Waals surface area (Å²) in [7, 11) is -3.95. The lowest BCUT2D eigenvalue weighted by molar-refractivity contribution is -0.484. The lowest BCUT2D eigenvalue weighted by atomic mass is 10.2. The summed E-state index contributed by atoms with van der Waals surface area (Å²) in [5.41, 5.74) is 1.19. The van der Waals surface area contributed by atoms with Crippen molar-refractivity contribution in [1.82, 2.24) is 5.32 Å². The van der Waals surface area contributed by atoms with E-state index in [9.17, 15) is 17.6 Å². The molecule has 3 N–H and O–H groups in total. The fourth-order valence-electron chi connectivity index (χ4n) is 3.17. The average Bonchev–Trinajstić information content (AvgIpc) is 2.90. The number of hydrogen-bond donors (Lipinski definition) is 2. The molecule has 2 aromatic rings. The highest BCUT2D eigenvalue weighted by Gasteiger charge is 2.26. The van der Waals surface area contributed by atoms with E-state index in [-0.39, 0.29) is 15.7 Å². The lowest BCUT2D eigenvalue weighted by Gasteiger charge is -2.23. The van der Waals surface area contributed by atoms with Crippen LogP contribution >= 0.6 is 0 Å². The molecule has 1 heterocycles. The Morgan fingerprint density at radius 2 is 1.96 bits per heavy atom. The van der Waals surface area contributed by atoms with Crippen molar-refractivity contribution in [2.75, 3.05) is 31.1 Å². The van der Waals surface area contributed by atoms with E-state index >= 15 is 0 Å². The second kappa shape index (κ2) is 8.16. The van der Waals surface area contributed by atoms with Crippen LogP contribution in [0.4, 0.5) is 15.8 Å². The van der Waals surface area contributed by atoms with Crippen molar-refractivity contribution in [1.29, 1.82) is 0 Å². The molecule has 0 unspecified atom stereocenters. The number of carbonyl (C=O) groups is 1. The zero-order chi connectivity index (χ0) is 19.4. The molecule has 0 aromatic heterocycles. The number of nitrogens with two attached hydrogens (primary N) is 1. The number of carbonyl (C=O) groups excluding carboxylic acids is 1. The van der Waals surface area contributed by atoms with Gasteiger partial charge in [0.25, 0.3) is 0 Å². The molecule has 0 radical (unpaired) electrons. The summed E-state index contributed by atoms with van der Waals surface area (Å²) < 4.78 is 39.5. The van der Waals surface area contributed by atoms with Crippen molar-refractivity contribution >= 4 is 27.1 Å². The molecule has 1 aliphatic rings. The highest BCUT2D eigenvalue weighted by molar-refractivity contribution is 7.91. The molecule has 3 rings (SSSR count). The third-order valence-electron chi connectivity index (χ3n) is 4.45. The maximum absolute atomic E-state index is 13.5. The summed E-state index contributed by atoms with van der Waals surface area (Å²) in [6.45, 7) is 4.81. The average molecular weight is 392 g/mol. The number of benzene rings is 2. The molecule has 1 amide bonds. The second-order valence-corrected chi connectivity index (χ2v) is 8.45. The summed E-state index contributed by atoms with van der Waals surface area (Å²) in [6, 6.07) is 9.86. The van der Waals surface area contributed by atoms with E-state index in [1.165, 1.54) is 36.5 Å². The van der Waals surface area contributed by atoms with Crippen LogP contribution in [0.5, 0.6) is 0 Å². The number of hydrogen-bond acceptors (Lipinski definition) is 5. The Morgan fingerprint density at radius 3 is 2.70 bits per heavy atom. The molecule has 0 bridgehead atoms. The van der Waals surface area contributed by atoms with Crippen molar-refractivity contribution in [3.05, 3.63) is 48.3 Å². The number of halogens is 1. The van der Waals surface area contributed by atoms with Crippen molar-refractivity contribution in [2.45, 2.75) is 23.1 Å². The van der Waals surface area contributed by atoms with Crippen LogP contribution in [0.15, 0.2) is 52.3 Å². The molecule has 0 atom stereocenters. The van der Waals surface area contributed by atoms with E-state index < -0.39 is 15.7 Å². The van der Waals surface area contributed by atoms with Crippen LogP contribution < -0.4 is 15.5 Å². The molecular weight excluding hydrogens is 369 g/mol. The molecule has 6 nitrogen and oxygen atoms in total. The fraction of sp³-hybridized carbons (Fsp3) is 0.316. The van der Waals surface area contributed by atoms with Crippen molar-refractivity contribution in [3.63, 3.8) is 0 Å². The molecule has 1 fully saturated rings. The number of nitrogens with zero attached hydrogens (tertiary/aromatic N) is 1. The Labute approximate surface area is 158 Å². The molecule has 0 aliphatic carbocycles. The number of amides is 1. The van der Waals surface area contributed by atoms with E-state index in [0.717, 1.165) is 44.4 Å². The molecule has 0 spiro atoms. The summed E-state index contributed by atoms with van der Waals surface area (Å²) >= 11 is 0. The van der Waals surface area contributed by atoms with Crippen LogP contribution in [0.2, 0.25) is 0 Å². The third kappa shape index (κ3) is 4.52. The van der Waals surface area contributed by atoms with Gasteiger partial charge in [-0.15, -0.1) is 0 Å². The minimum Gasteiger partial charge on any atom is -0.370 e. The molecule has 1 aliphatic heterocycles. The summed E-state index contributed by atoms with van der Waals surface area (Å²) in [6.07, 6.45) is 0.981. The Hall–Kier alpha value is -2.29. The quantitative estimate of drug-likeness (QED) is 0.764. The van der Waals surface area contributed by atoms with Crippen molar-refractivity contribution in [2.24, 2.45) is 0 Å². The fourth-order valence-corrected chi connectivity index (χ4v) is 4.63. The minimum absolute atomic E-state index is 0.00000283. The van der Waals surface area contributed by atoms with Gasteiger partial charge in [-0.25, -0.2) is 17.6 Å². The van der Waals surface area contributed by atoms with Gasteiger partial charge in [0.2, 0.25) is 9.84 Å². The summed E-state index contributed by atoms with van der Waals surface area (Å²) in [5.74, 6) is -0.873. The first-order chi connectivity index (χ1) is 12.9. The highest BCUT2D eigenvalue weighted by Crippen LogP contribution is 2.29. The van der Waals surface area contributed by atoms with Crippen LogP contribution in [0.25, 0.3) is 0 Å². The molecule has 144 valence electrons. The van der Waals surface area contributed by atoms with Crippen LogP contribution in [0, 0.1) is 5.82 Å². The first-order valence-corrected chi connectivity index (χ1v) is 10.3. The lowest BCUT2D eigenvalue weighted by Crippen LogP contribution is -2.81. The van der Waals surface area contributed by atoms with Crippen LogP contribution in [-0.2, 0) is 14.6 Å². The minimum atomic E-state index is -3.95. The SMILES string of the molecule is CC(=O)[NH2+]c1cc(N2CCCNCC2)ccc1S(=O)(=O)c1cccc(F)c1. The molecule has 0 saturated carbocycles. The highest BCUT2D eigenvalue weighted by atomic mass is 32.2. The number of rotatable bonds is 4. The number of sulfone groups is 1. The maximum Gasteiger partial charge on any atom is 0.312 e. The van der Waals surface area contributed by atoms with Crippen molar-refractivity contribution < 1.29 is 22.9 Å². The first kappa shape index (κ1) is 19.5. The van der Waals surface area contributed by atoms with Gasteiger partial charge >= 0.3 is 5.91 Å². The summed E-state index contributed by atoms with van der Waals surface area (Å²) in [4.78, 5) is 13.7. The molecular formula is C19H23FN3O3S+.